The average Bonchev–Trinajstić information content (AvgIpc) is 2.48. The minimum Gasteiger partial charge on any atom is -0.387 e. The van der Waals surface area contributed by atoms with Crippen LogP contribution in [0, 0.1) is 0 Å². The van der Waals surface area contributed by atoms with E-state index in [-0.39, 0.29) is 11.8 Å². The van der Waals surface area contributed by atoms with E-state index >= 15 is 0 Å². The van der Waals surface area contributed by atoms with Crippen LogP contribution in [0.3, 0.4) is 0 Å². The van der Waals surface area contributed by atoms with E-state index < -0.39 is 0 Å². The third kappa shape index (κ3) is 2.45. The molecule has 4 nitrogen and oxygen atoms in total. The lowest BCUT2D eigenvalue weighted by molar-refractivity contribution is -0.136. The molecular formula is C10H14N2O2. The van der Waals surface area contributed by atoms with E-state index in [1.54, 1.807) is 0 Å². The molecule has 0 aromatic heterocycles. The Balaban J connectivity index is 2.29. The van der Waals surface area contributed by atoms with Crippen LogP contribution < -0.4 is 5.32 Å². The molecule has 0 saturated carbocycles. The second-order valence-electron chi connectivity index (χ2n) is 3.05. The van der Waals surface area contributed by atoms with Gasteiger partial charge in [0.2, 0.25) is 0 Å². The third-order valence-corrected chi connectivity index (χ3v) is 2.04. The number of amides is 2. The Kier molecular flexibility index (Phi) is 3.45. The molecule has 1 aliphatic heterocycles. The van der Waals surface area contributed by atoms with Gasteiger partial charge in [0.25, 0.3) is 11.8 Å². The van der Waals surface area contributed by atoms with Gasteiger partial charge in [0.1, 0.15) is 0 Å². The maximum absolute atomic E-state index is 11.1. The predicted octanol–water partition coefficient (Wildman–Crippen LogP) is 0.425. The zero-order valence-electron chi connectivity index (χ0n) is 8.25. The summed E-state index contributed by atoms with van der Waals surface area (Å²) < 4.78 is 0. The first kappa shape index (κ1) is 10.5. The van der Waals surface area contributed by atoms with Crippen LogP contribution >= 0.6 is 0 Å². The fourth-order valence-corrected chi connectivity index (χ4v) is 1.12. The van der Waals surface area contributed by atoms with E-state index in [0.717, 1.165) is 12.1 Å². The number of allylic oxidation sites excluding steroid dienone is 1. The van der Waals surface area contributed by atoms with Gasteiger partial charge in [0.15, 0.2) is 0 Å². The van der Waals surface area contributed by atoms with Crippen molar-refractivity contribution in [1.82, 2.24) is 10.2 Å². The quantitative estimate of drug-likeness (QED) is 0.645. The first-order valence-corrected chi connectivity index (χ1v) is 4.60. The summed E-state index contributed by atoms with van der Waals surface area (Å²) in [5.41, 5.74) is 0.914. The number of nitrogens with zero attached hydrogens (tertiary/aromatic N) is 1. The van der Waals surface area contributed by atoms with Crippen molar-refractivity contribution in [3.05, 3.63) is 24.4 Å². The molecule has 4 heteroatoms. The molecule has 0 unspecified atom stereocenters. The van der Waals surface area contributed by atoms with Gasteiger partial charge in [-0.05, 0) is 6.42 Å². The van der Waals surface area contributed by atoms with Gasteiger partial charge in [-0.1, -0.05) is 13.5 Å². The Morgan fingerprint density at radius 3 is 2.50 bits per heavy atom. The lowest BCUT2D eigenvalue weighted by Crippen LogP contribution is -2.36. The van der Waals surface area contributed by atoms with E-state index in [2.05, 4.69) is 11.9 Å². The first-order valence-electron chi connectivity index (χ1n) is 4.60. The summed E-state index contributed by atoms with van der Waals surface area (Å²) in [4.78, 5) is 23.4. The molecule has 0 saturated heterocycles. The molecule has 0 radical (unpaired) electrons. The first-order chi connectivity index (χ1) is 6.65. The van der Waals surface area contributed by atoms with Gasteiger partial charge in [0, 0.05) is 30.9 Å². The van der Waals surface area contributed by atoms with Gasteiger partial charge in [-0.3, -0.25) is 14.5 Å². The number of carbonyl (C=O) groups is 2. The molecule has 0 aromatic carbocycles. The van der Waals surface area contributed by atoms with Crippen molar-refractivity contribution in [1.29, 1.82) is 0 Å². The van der Waals surface area contributed by atoms with Crippen LogP contribution in [0.15, 0.2) is 24.4 Å². The topological polar surface area (TPSA) is 49.4 Å². The van der Waals surface area contributed by atoms with E-state index in [4.69, 9.17) is 0 Å². The number of hydrogen-bond acceptors (Lipinski definition) is 3. The zero-order valence-corrected chi connectivity index (χ0v) is 8.25. The van der Waals surface area contributed by atoms with Gasteiger partial charge >= 0.3 is 0 Å². The Hall–Kier alpha value is -1.58. The molecular weight excluding hydrogens is 180 g/mol. The highest BCUT2D eigenvalue weighted by Crippen LogP contribution is 2.02. The molecule has 76 valence electrons. The van der Waals surface area contributed by atoms with Gasteiger partial charge in [-0.15, -0.1) is 0 Å². The Bertz CT molecular complexity index is 276. The summed E-state index contributed by atoms with van der Waals surface area (Å²) in [6.07, 6.45) is 3.42. The number of imide groups is 1. The summed E-state index contributed by atoms with van der Waals surface area (Å²) in [7, 11) is 0. The summed E-state index contributed by atoms with van der Waals surface area (Å²) in [5.74, 6) is -0.474. The lowest BCUT2D eigenvalue weighted by Gasteiger charge is -2.14. The molecule has 0 aliphatic carbocycles. The average molecular weight is 194 g/mol. The molecule has 2 amide bonds. The van der Waals surface area contributed by atoms with Gasteiger partial charge < -0.3 is 5.32 Å². The number of nitrogens with one attached hydrogen (secondary N) is 1. The van der Waals surface area contributed by atoms with Crippen LogP contribution in [0.1, 0.15) is 13.3 Å². The van der Waals surface area contributed by atoms with E-state index in [0.29, 0.717) is 13.1 Å². The standard InChI is InChI=1S/C10H14N2O2/c1-3-8(2)11-6-7-12-9(13)4-5-10(12)14/h4-5,11H,2-3,6-7H2,1H3. The van der Waals surface area contributed by atoms with E-state index in [1.807, 2.05) is 6.92 Å². The van der Waals surface area contributed by atoms with Crippen molar-refractivity contribution in [2.24, 2.45) is 0 Å². The van der Waals surface area contributed by atoms with Gasteiger partial charge in [-0.25, -0.2) is 0 Å². The zero-order chi connectivity index (χ0) is 10.6. The smallest absolute Gasteiger partial charge is 0.253 e. The van der Waals surface area contributed by atoms with Crippen LogP contribution in [0.4, 0.5) is 0 Å². The maximum Gasteiger partial charge on any atom is 0.253 e. The van der Waals surface area contributed by atoms with Crippen LogP contribution in [-0.4, -0.2) is 29.8 Å². The minimum atomic E-state index is -0.237. The van der Waals surface area contributed by atoms with Crippen molar-refractivity contribution in [3.8, 4) is 0 Å². The van der Waals surface area contributed by atoms with E-state index in [1.165, 1.54) is 17.1 Å². The molecule has 1 aliphatic rings. The second-order valence-corrected chi connectivity index (χ2v) is 3.05. The third-order valence-electron chi connectivity index (χ3n) is 2.04. The maximum atomic E-state index is 11.1. The van der Waals surface area contributed by atoms with Crippen LogP contribution in [-0.2, 0) is 9.59 Å². The molecule has 0 bridgehead atoms. The van der Waals surface area contributed by atoms with Gasteiger partial charge in [0.05, 0.1) is 0 Å². The molecule has 0 spiro atoms. The fraction of sp³-hybridized carbons (Fsp3) is 0.400. The highest BCUT2D eigenvalue weighted by atomic mass is 16.2. The largest absolute Gasteiger partial charge is 0.387 e. The molecule has 1 N–H and O–H groups in total. The Labute approximate surface area is 83.3 Å². The molecule has 1 heterocycles. The minimum absolute atomic E-state index is 0.237. The van der Waals surface area contributed by atoms with Crippen molar-refractivity contribution in [3.63, 3.8) is 0 Å². The summed E-state index contributed by atoms with van der Waals surface area (Å²) >= 11 is 0. The fourth-order valence-electron chi connectivity index (χ4n) is 1.12. The molecule has 1 rings (SSSR count). The summed E-state index contributed by atoms with van der Waals surface area (Å²) in [6, 6.07) is 0. The number of hydrogen-bond donors (Lipinski definition) is 1. The van der Waals surface area contributed by atoms with Crippen molar-refractivity contribution >= 4 is 11.8 Å². The van der Waals surface area contributed by atoms with Crippen LogP contribution in [0.2, 0.25) is 0 Å². The predicted molar refractivity (Wildman–Crippen MR) is 53.3 cm³/mol. The van der Waals surface area contributed by atoms with Gasteiger partial charge in [-0.2, -0.15) is 0 Å². The highest BCUT2D eigenvalue weighted by molar-refractivity contribution is 6.12. The normalized spacial score (nSPS) is 15.1. The molecule has 0 aromatic rings. The molecule has 0 fully saturated rings. The summed E-state index contributed by atoms with van der Waals surface area (Å²) in [5, 5.41) is 3.03. The summed E-state index contributed by atoms with van der Waals surface area (Å²) in [6.45, 7) is 6.70. The van der Waals surface area contributed by atoms with E-state index in [9.17, 15) is 9.59 Å². The lowest BCUT2D eigenvalue weighted by atomic mass is 10.3. The number of rotatable bonds is 5. The van der Waals surface area contributed by atoms with Crippen LogP contribution in [0.5, 0.6) is 0 Å². The second kappa shape index (κ2) is 4.60. The van der Waals surface area contributed by atoms with Crippen molar-refractivity contribution < 1.29 is 9.59 Å². The number of carbonyl (C=O) groups excluding carboxylic acids is 2. The van der Waals surface area contributed by atoms with Crippen LogP contribution in [0.25, 0.3) is 0 Å². The Morgan fingerprint density at radius 1 is 1.43 bits per heavy atom. The van der Waals surface area contributed by atoms with Crippen molar-refractivity contribution in [2.45, 2.75) is 13.3 Å². The Morgan fingerprint density at radius 2 is 2.00 bits per heavy atom. The highest BCUT2D eigenvalue weighted by Gasteiger charge is 2.22. The molecule has 0 atom stereocenters. The monoisotopic (exact) mass is 194 g/mol. The van der Waals surface area contributed by atoms with Crippen molar-refractivity contribution in [2.75, 3.05) is 13.1 Å². The SMILES string of the molecule is C=C(CC)NCCN1C(=O)C=CC1=O. The molecule has 14 heavy (non-hydrogen) atoms.